The van der Waals surface area contributed by atoms with E-state index in [4.69, 9.17) is 34.8 Å². The molecule has 1 nitrogen and oxygen atoms in total. The Balaban J connectivity index is 2.18. The Kier molecular flexibility index (Phi) is 4.35. The van der Waals surface area contributed by atoms with Gasteiger partial charge in [-0.25, -0.2) is 0 Å². The van der Waals surface area contributed by atoms with Crippen LogP contribution in [-0.2, 0) is 0 Å². The van der Waals surface area contributed by atoms with Gasteiger partial charge in [0.05, 0.1) is 15.6 Å². The molecule has 1 fully saturated rings. The predicted octanol–water partition coefficient (Wildman–Crippen LogP) is 5.41. The van der Waals surface area contributed by atoms with Crippen LogP contribution in [0.25, 0.3) is 0 Å². The zero-order valence-electron chi connectivity index (χ0n) is 9.31. The van der Waals surface area contributed by atoms with Crippen molar-refractivity contribution in [3.05, 3.63) is 32.8 Å². The maximum absolute atomic E-state index is 12.1. The van der Waals surface area contributed by atoms with Crippen molar-refractivity contribution in [1.29, 1.82) is 0 Å². The largest absolute Gasteiger partial charge is 0.294 e. The van der Waals surface area contributed by atoms with Gasteiger partial charge in [-0.1, -0.05) is 60.5 Å². The summed E-state index contributed by atoms with van der Waals surface area (Å²) < 4.78 is 0. The number of ketones is 1. The second-order valence-electron chi connectivity index (χ2n) is 4.52. The number of rotatable bonds is 3. The van der Waals surface area contributed by atoms with Crippen LogP contribution in [0.3, 0.4) is 0 Å². The standard InChI is InChI=1S/C13H13Cl3O/c14-9-6-10(15)13(11(16)7-9)12(17)5-8-3-1-2-4-8/h6-8H,1-5H2. The molecule has 1 aliphatic rings. The zero-order chi connectivity index (χ0) is 12.4. The summed E-state index contributed by atoms with van der Waals surface area (Å²) >= 11 is 17.9. The minimum Gasteiger partial charge on any atom is -0.294 e. The van der Waals surface area contributed by atoms with E-state index in [9.17, 15) is 4.79 Å². The average Bonchev–Trinajstić information content (AvgIpc) is 2.68. The summed E-state index contributed by atoms with van der Waals surface area (Å²) in [5.41, 5.74) is 0.421. The molecule has 1 aromatic carbocycles. The quantitative estimate of drug-likeness (QED) is 0.681. The van der Waals surface area contributed by atoms with Crippen molar-refractivity contribution in [3.8, 4) is 0 Å². The molecule has 1 aliphatic carbocycles. The highest BCUT2D eigenvalue weighted by Gasteiger charge is 2.22. The van der Waals surface area contributed by atoms with Gasteiger partial charge in [-0.15, -0.1) is 0 Å². The number of halogens is 3. The minimum atomic E-state index is 0.0311. The van der Waals surface area contributed by atoms with Gasteiger partial charge in [-0.2, -0.15) is 0 Å². The number of hydrogen-bond donors (Lipinski definition) is 0. The zero-order valence-corrected chi connectivity index (χ0v) is 11.6. The van der Waals surface area contributed by atoms with E-state index in [1.807, 2.05) is 0 Å². The number of benzene rings is 1. The molecule has 0 unspecified atom stereocenters. The number of Topliss-reactive ketones (excluding diaryl/α,β-unsaturated/α-hetero) is 1. The Hall–Kier alpha value is -0.240. The van der Waals surface area contributed by atoms with Gasteiger partial charge in [0.2, 0.25) is 0 Å². The monoisotopic (exact) mass is 290 g/mol. The highest BCUT2D eigenvalue weighted by Crippen LogP contribution is 2.33. The molecule has 92 valence electrons. The highest BCUT2D eigenvalue weighted by atomic mass is 35.5. The number of carbonyl (C=O) groups is 1. The van der Waals surface area contributed by atoms with Crippen LogP contribution in [0.4, 0.5) is 0 Å². The maximum Gasteiger partial charge on any atom is 0.166 e. The van der Waals surface area contributed by atoms with E-state index in [1.54, 1.807) is 12.1 Å². The summed E-state index contributed by atoms with van der Waals surface area (Å²) in [7, 11) is 0. The molecule has 0 bridgehead atoms. The van der Waals surface area contributed by atoms with E-state index in [0.717, 1.165) is 12.8 Å². The highest BCUT2D eigenvalue weighted by molar-refractivity contribution is 6.42. The molecule has 17 heavy (non-hydrogen) atoms. The van der Waals surface area contributed by atoms with Crippen LogP contribution >= 0.6 is 34.8 Å². The Bertz CT molecular complexity index is 413. The summed E-state index contributed by atoms with van der Waals surface area (Å²) in [4.78, 5) is 12.1. The summed E-state index contributed by atoms with van der Waals surface area (Å²) in [5, 5.41) is 1.16. The maximum atomic E-state index is 12.1. The van der Waals surface area contributed by atoms with E-state index < -0.39 is 0 Å². The van der Waals surface area contributed by atoms with Crippen molar-refractivity contribution in [2.75, 3.05) is 0 Å². The van der Waals surface area contributed by atoms with Gasteiger partial charge in [-0.3, -0.25) is 4.79 Å². The van der Waals surface area contributed by atoms with Crippen LogP contribution in [0.5, 0.6) is 0 Å². The van der Waals surface area contributed by atoms with Crippen molar-refractivity contribution >= 4 is 40.6 Å². The number of carbonyl (C=O) groups excluding carboxylic acids is 1. The molecule has 0 aliphatic heterocycles. The third kappa shape index (κ3) is 3.15. The first-order chi connectivity index (χ1) is 8.08. The summed E-state index contributed by atoms with van der Waals surface area (Å²) in [6.45, 7) is 0. The van der Waals surface area contributed by atoms with Crippen molar-refractivity contribution in [3.63, 3.8) is 0 Å². The van der Waals surface area contributed by atoms with E-state index in [2.05, 4.69) is 0 Å². The fourth-order valence-corrected chi connectivity index (χ4v) is 3.42. The molecule has 0 N–H and O–H groups in total. The van der Waals surface area contributed by atoms with Gasteiger partial charge in [0.25, 0.3) is 0 Å². The van der Waals surface area contributed by atoms with Crippen LogP contribution in [0.15, 0.2) is 12.1 Å². The van der Waals surface area contributed by atoms with E-state index in [0.29, 0.717) is 33.0 Å². The molecule has 0 spiro atoms. The lowest BCUT2D eigenvalue weighted by Gasteiger charge is -2.10. The lowest BCUT2D eigenvalue weighted by molar-refractivity contribution is 0.0962. The molecule has 0 aromatic heterocycles. The molecule has 1 saturated carbocycles. The Labute approximate surface area is 116 Å². The van der Waals surface area contributed by atoms with Gasteiger partial charge in [0.1, 0.15) is 0 Å². The van der Waals surface area contributed by atoms with Crippen LogP contribution < -0.4 is 0 Å². The summed E-state index contributed by atoms with van der Waals surface area (Å²) in [6.07, 6.45) is 5.25. The first-order valence-electron chi connectivity index (χ1n) is 5.75. The smallest absolute Gasteiger partial charge is 0.166 e. The SMILES string of the molecule is O=C(CC1CCCC1)c1c(Cl)cc(Cl)cc1Cl. The molecule has 0 radical (unpaired) electrons. The third-order valence-corrected chi connectivity index (χ3v) is 4.05. The van der Waals surface area contributed by atoms with Crippen LogP contribution in [0, 0.1) is 5.92 Å². The van der Waals surface area contributed by atoms with Crippen LogP contribution in [-0.4, -0.2) is 5.78 Å². The molecule has 0 amide bonds. The normalized spacial score (nSPS) is 16.4. The first-order valence-corrected chi connectivity index (χ1v) is 6.89. The average molecular weight is 292 g/mol. The van der Waals surface area contributed by atoms with Gasteiger partial charge >= 0.3 is 0 Å². The summed E-state index contributed by atoms with van der Waals surface area (Å²) in [6, 6.07) is 3.13. The molecule has 1 aromatic rings. The lowest BCUT2D eigenvalue weighted by atomic mass is 9.97. The molecule has 0 saturated heterocycles. The fraction of sp³-hybridized carbons (Fsp3) is 0.462. The van der Waals surface area contributed by atoms with Crippen LogP contribution in [0.2, 0.25) is 15.1 Å². The van der Waals surface area contributed by atoms with Crippen molar-refractivity contribution in [2.24, 2.45) is 5.92 Å². The lowest BCUT2D eigenvalue weighted by Crippen LogP contribution is -2.07. The van der Waals surface area contributed by atoms with Crippen LogP contribution in [0.1, 0.15) is 42.5 Å². The van der Waals surface area contributed by atoms with Gasteiger partial charge < -0.3 is 0 Å². The second-order valence-corrected chi connectivity index (χ2v) is 5.77. The Morgan fingerprint density at radius 1 is 1.12 bits per heavy atom. The fourth-order valence-electron chi connectivity index (χ4n) is 2.39. The van der Waals surface area contributed by atoms with Crippen molar-refractivity contribution in [2.45, 2.75) is 32.1 Å². The second kappa shape index (κ2) is 5.60. The van der Waals surface area contributed by atoms with Gasteiger partial charge in [-0.05, 0) is 18.1 Å². The minimum absolute atomic E-state index is 0.0311. The predicted molar refractivity (Wildman–Crippen MR) is 72.4 cm³/mol. The Morgan fingerprint density at radius 3 is 2.18 bits per heavy atom. The van der Waals surface area contributed by atoms with Crippen molar-refractivity contribution < 1.29 is 4.79 Å². The van der Waals surface area contributed by atoms with E-state index in [-0.39, 0.29) is 5.78 Å². The molecule has 2 rings (SSSR count). The topological polar surface area (TPSA) is 17.1 Å². The van der Waals surface area contributed by atoms with Crippen molar-refractivity contribution in [1.82, 2.24) is 0 Å². The van der Waals surface area contributed by atoms with E-state index in [1.165, 1.54) is 12.8 Å². The summed E-state index contributed by atoms with van der Waals surface area (Å²) in [5.74, 6) is 0.522. The third-order valence-electron chi connectivity index (χ3n) is 3.23. The number of hydrogen-bond acceptors (Lipinski definition) is 1. The Morgan fingerprint density at radius 2 is 1.65 bits per heavy atom. The molecule has 0 atom stereocenters. The first kappa shape index (κ1) is 13.2. The molecular formula is C13H13Cl3O. The van der Waals surface area contributed by atoms with E-state index >= 15 is 0 Å². The molecule has 0 heterocycles. The van der Waals surface area contributed by atoms with Gasteiger partial charge in [0.15, 0.2) is 5.78 Å². The molecule has 4 heteroatoms. The molecular weight excluding hydrogens is 279 g/mol. The van der Waals surface area contributed by atoms with Gasteiger partial charge in [0, 0.05) is 11.4 Å².